The first-order valence-corrected chi connectivity index (χ1v) is 13.3. The maximum absolute atomic E-state index is 14.6. The Bertz CT molecular complexity index is 1420. The molecule has 2 heterocycles. The quantitative estimate of drug-likeness (QED) is 0.322. The van der Waals surface area contributed by atoms with E-state index >= 15 is 0 Å². The lowest BCUT2D eigenvalue weighted by Crippen LogP contribution is -2.38. The number of hydrogen-bond acceptors (Lipinski definition) is 2. The maximum Gasteiger partial charge on any atom is 0.243 e. The van der Waals surface area contributed by atoms with Gasteiger partial charge in [-0.2, -0.15) is 4.31 Å². The van der Waals surface area contributed by atoms with E-state index in [-0.39, 0.29) is 11.7 Å². The van der Waals surface area contributed by atoms with Crippen LogP contribution in [0.15, 0.2) is 77.7 Å². The average Bonchev–Trinajstić information content (AvgIpc) is 3.13. The highest BCUT2D eigenvalue weighted by Crippen LogP contribution is 2.39. The molecule has 1 aromatic heterocycles. The number of rotatable bonds is 5. The molecule has 0 unspecified atom stereocenters. The van der Waals surface area contributed by atoms with Gasteiger partial charge in [0, 0.05) is 40.3 Å². The molecule has 3 aromatic carbocycles. The smallest absolute Gasteiger partial charge is 0.243 e. The minimum Gasteiger partial charge on any atom is -0.340 e. The van der Waals surface area contributed by atoms with Gasteiger partial charge < -0.3 is 4.57 Å². The Balaban J connectivity index is 1.46. The Hall–Kier alpha value is -2.67. The molecule has 7 heteroatoms. The van der Waals surface area contributed by atoms with Gasteiger partial charge >= 0.3 is 0 Å². The third-order valence-electron chi connectivity index (χ3n) is 6.90. The van der Waals surface area contributed by atoms with Gasteiger partial charge in [0.1, 0.15) is 5.82 Å². The Kier molecular flexibility index (Phi) is 6.23. The first kappa shape index (κ1) is 23.1. The highest BCUT2D eigenvalue weighted by Gasteiger charge is 2.32. The summed E-state index contributed by atoms with van der Waals surface area (Å²) in [5, 5.41) is 1.55. The molecule has 4 nitrogen and oxygen atoms in total. The highest BCUT2D eigenvalue weighted by molar-refractivity contribution is 7.89. The second-order valence-corrected chi connectivity index (χ2v) is 11.1. The molecule has 0 atom stereocenters. The third kappa shape index (κ3) is 4.04. The molecule has 0 N–H and O–H groups in total. The fourth-order valence-electron chi connectivity index (χ4n) is 5.14. The summed E-state index contributed by atoms with van der Waals surface area (Å²) in [6.45, 7) is 3.36. The third-order valence-corrected chi connectivity index (χ3v) is 9.17. The van der Waals surface area contributed by atoms with Crippen LogP contribution < -0.4 is 0 Å². The zero-order chi connectivity index (χ0) is 23.9. The van der Waals surface area contributed by atoms with Gasteiger partial charge in [0.25, 0.3) is 0 Å². The van der Waals surface area contributed by atoms with Crippen LogP contribution in [0.3, 0.4) is 0 Å². The van der Waals surface area contributed by atoms with Gasteiger partial charge in [0.15, 0.2) is 0 Å². The van der Waals surface area contributed by atoms with Crippen molar-refractivity contribution in [2.24, 2.45) is 0 Å². The van der Waals surface area contributed by atoms with Gasteiger partial charge in [0.05, 0.1) is 11.4 Å². The van der Waals surface area contributed by atoms with Gasteiger partial charge in [-0.05, 0) is 61.6 Å². The van der Waals surface area contributed by atoms with Crippen molar-refractivity contribution < 1.29 is 12.8 Å². The lowest BCUT2D eigenvalue weighted by atomic mass is 9.88. The normalized spacial score (nSPS) is 15.7. The van der Waals surface area contributed by atoms with Crippen LogP contribution in [0.2, 0.25) is 5.02 Å². The number of piperidine rings is 1. The largest absolute Gasteiger partial charge is 0.340 e. The van der Waals surface area contributed by atoms with Crippen molar-refractivity contribution in [2.45, 2.75) is 37.1 Å². The molecule has 1 aliphatic rings. The number of para-hydroxylation sites is 1. The van der Waals surface area contributed by atoms with E-state index in [1.54, 1.807) is 40.7 Å². The van der Waals surface area contributed by atoms with E-state index in [2.05, 4.69) is 23.6 Å². The van der Waals surface area contributed by atoms with Gasteiger partial charge in [-0.3, -0.25) is 0 Å². The zero-order valence-corrected chi connectivity index (χ0v) is 20.5. The van der Waals surface area contributed by atoms with Gasteiger partial charge in [-0.15, -0.1) is 0 Å². The molecule has 0 bridgehead atoms. The lowest BCUT2D eigenvalue weighted by Gasteiger charge is -2.31. The van der Waals surface area contributed by atoms with Crippen molar-refractivity contribution in [3.8, 4) is 0 Å². The van der Waals surface area contributed by atoms with E-state index < -0.39 is 10.0 Å². The summed E-state index contributed by atoms with van der Waals surface area (Å²) >= 11 is 6.33. The van der Waals surface area contributed by atoms with Crippen LogP contribution in [0, 0.1) is 12.7 Å². The molecule has 1 saturated heterocycles. The predicted molar refractivity (Wildman–Crippen MR) is 134 cm³/mol. The molecule has 34 heavy (non-hydrogen) atoms. The van der Waals surface area contributed by atoms with Gasteiger partial charge in [-0.1, -0.05) is 54.1 Å². The number of hydrogen-bond donors (Lipinski definition) is 0. The van der Waals surface area contributed by atoms with E-state index in [4.69, 9.17) is 11.6 Å². The second kappa shape index (κ2) is 9.17. The zero-order valence-electron chi connectivity index (χ0n) is 18.9. The lowest BCUT2D eigenvalue weighted by molar-refractivity contribution is 0.319. The summed E-state index contributed by atoms with van der Waals surface area (Å²) in [5.74, 6) is -0.0878. The monoisotopic (exact) mass is 496 g/mol. The molecular formula is C27H26ClFN2O2S. The van der Waals surface area contributed by atoms with Crippen molar-refractivity contribution in [1.29, 1.82) is 0 Å². The van der Waals surface area contributed by atoms with Crippen LogP contribution in [0.5, 0.6) is 0 Å². The van der Waals surface area contributed by atoms with E-state index in [1.165, 1.54) is 11.6 Å². The number of nitrogens with zero attached hydrogens (tertiary/aromatic N) is 2. The van der Waals surface area contributed by atoms with Crippen molar-refractivity contribution in [2.75, 3.05) is 13.1 Å². The molecule has 1 aliphatic heterocycles. The van der Waals surface area contributed by atoms with Crippen LogP contribution in [0.25, 0.3) is 10.9 Å². The number of benzene rings is 3. The Morgan fingerprint density at radius 2 is 1.62 bits per heavy atom. The summed E-state index contributed by atoms with van der Waals surface area (Å²) in [4.78, 5) is 0.336. The number of sulfonamides is 1. The molecule has 176 valence electrons. The predicted octanol–water partition coefficient (Wildman–Crippen LogP) is 6.36. The summed E-state index contributed by atoms with van der Waals surface area (Å²) in [5.41, 5.74) is 3.81. The van der Waals surface area contributed by atoms with E-state index in [0.717, 1.165) is 29.4 Å². The minimum atomic E-state index is -3.49. The number of fused-ring (bicyclic) bond motifs is 1. The van der Waals surface area contributed by atoms with Crippen LogP contribution in [-0.4, -0.2) is 30.4 Å². The molecular weight excluding hydrogens is 471 g/mol. The van der Waals surface area contributed by atoms with Crippen molar-refractivity contribution >= 4 is 32.5 Å². The molecule has 0 radical (unpaired) electrons. The fraction of sp³-hybridized carbons (Fsp3) is 0.259. The Labute approximate surface area is 204 Å². The van der Waals surface area contributed by atoms with Crippen LogP contribution in [0.1, 0.15) is 35.6 Å². The molecule has 5 rings (SSSR count). The number of aromatic nitrogens is 1. The fourth-order valence-corrected chi connectivity index (χ4v) is 6.86. The SMILES string of the molecule is Cc1c(C2CCN(S(=O)(=O)c3ccccc3)CC2)c2ccccc2n1Cc1c(F)cccc1Cl. The minimum absolute atomic E-state index is 0.226. The van der Waals surface area contributed by atoms with Crippen LogP contribution in [-0.2, 0) is 16.6 Å². The van der Waals surface area contributed by atoms with Gasteiger partial charge in [0.2, 0.25) is 10.0 Å². The summed E-state index contributed by atoms with van der Waals surface area (Å²) < 4.78 is 44.4. The number of halogens is 2. The van der Waals surface area contributed by atoms with Crippen LogP contribution >= 0.6 is 11.6 Å². The Morgan fingerprint density at radius 1 is 0.941 bits per heavy atom. The first-order chi connectivity index (χ1) is 16.4. The summed E-state index contributed by atoms with van der Waals surface area (Å²) in [6, 6.07) is 21.5. The van der Waals surface area contributed by atoms with Crippen molar-refractivity contribution in [3.05, 3.63) is 100 Å². The summed E-state index contributed by atoms with van der Waals surface area (Å²) in [6.07, 6.45) is 1.47. The second-order valence-electron chi connectivity index (χ2n) is 8.79. The van der Waals surface area contributed by atoms with Gasteiger partial charge in [-0.25, -0.2) is 12.8 Å². The van der Waals surface area contributed by atoms with E-state index in [1.807, 2.05) is 18.2 Å². The first-order valence-electron chi connectivity index (χ1n) is 11.4. The highest BCUT2D eigenvalue weighted by atomic mass is 35.5. The Morgan fingerprint density at radius 3 is 2.32 bits per heavy atom. The molecule has 0 saturated carbocycles. The average molecular weight is 497 g/mol. The van der Waals surface area contributed by atoms with E-state index in [9.17, 15) is 12.8 Å². The summed E-state index contributed by atoms with van der Waals surface area (Å²) in [7, 11) is -3.49. The topological polar surface area (TPSA) is 42.3 Å². The molecule has 1 fully saturated rings. The van der Waals surface area contributed by atoms with Crippen molar-refractivity contribution in [1.82, 2.24) is 8.87 Å². The van der Waals surface area contributed by atoms with E-state index in [0.29, 0.717) is 35.1 Å². The molecule has 0 aliphatic carbocycles. The standard InChI is InChI=1S/C27H26ClFN2O2S/c1-19-27(20-14-16-30(17-15-20)34(32,33)21-8-3-2-4-9-21)22-10-5-6-13-26(22)31(19)18-23-24(28)11-7-12-25(23)29/h2-13,20H,14-18H2,1H3. The van der Waals surface area contributed by atoms with Crippen LogP contribution in [0.4, 0.5) is 4.39 Å². The molecule has 0 spiro atoms. The maximum atomic E-state index is 14.6. The molecule has 4 aromatic rings. The van der Waals surface area contributed by atoms with Crippen molar-refractivity contribution in [3.63, 3.8) is 0 Å². The molecule has 0 amide bonds.